The monoisotopic (exact) mass is 219 g/mol. The van der Waals surface area contributed by atoms with Gasteiger partial charge in [0, 0.05) is 6.20 Å². The van der Waals surface area contributed by atoms with E-state index in [1.807, 2.05) is 0 Å². The standard InChI is InChI=1S/C10H12F3NO/c1-9(2,3)15-8-6-14-5-4-7(8)10(11,12)13/h4-6H,1-3H3. The molecule has 0 amide bonds. The van der Waals surface area contributed by atoms with Crippen LogP contribution in [0.2, 0.25) is 0 Å². The maximum absolute atomic E-state index is 12.5. The molecular formula is C10H12F3NO. The Bertz CT molecular complexity index is 341. The largest absolute Gasteiger partial charge is 0.486 e. The van der Waals surface area contributed by atoms with Gasteiger partial charge in [0.15, 0.2) is 5.75 Å². The molecule has 84 valence electrons. The van der Waals surface area contributed by atoms with E-state index in [0.717, 1.165) is 18.5 Å². The van der Waals surface area contributed by atoms with Crippen molar-refractivity contribution in [2.45, 2.75) is 32.5 Å². The molecule has 0 aliphatic heterocycles. The molecule has 1 rings (SSSR count). The van der Waals surface area contributed by atoms with Crippen LogP contribution in [-0.4, -0.2) is 10.6 Å². The zero-order chi connectivity index (χ0) is 11.7. The Morgan fingerprint density at radius 3 is 2.27 bits per heavy atom. The summed E-state index contributed by atoms with van der Waals surface area (Å²) >= 11 is 0. The van der Waals surface area contributed by atoms with Gasteiger partial charge in [-0.05, 0) is 26.8 Å². The van der Waals surface area contributed by atoms with Crippen LogP contribution in [0.1, 0.15) is 26.3 Å². The summed E-state index contributed by atoms with van der Waals surface area (Å²) in [5.74, 6) is -0.238. The van der Waals surface area contributed by atoms with E-state index in [1.54, 1.807) is 20.8 Å². The highest BCUT2D eigenvalue weighted by Crippen LogP contribution is 2.36. The number of halogens is 3. The van der Waals surface area contributed by atoms with Crippen molar-refractivity contribution < 1.29 is 17.9 Å². The molecule has 1 aromatic rings. The van der Waals surface area contributed by atoms with E-state index < -0.39 is 17.3 Å². The van der Waals surface area contributed by atoms with E-state index in [-0.39, 0.29) is 5.75 Å². The van der Waals surface area contributed by atoms with Crippen LogP contribution < -0.4 is 4.74 Å². The summed E-state index contributed by atoms with van der Waals surface area (Å²) in [5, 5.41) is 0. The fourth-order valence-electron chi connectivity index (χ4n) is 1.03. The third-order valence-electron chi connectivity index (χ3n) is 1.51. The van der Waals surface area contributed by atoms with Crippen molar-refractivity contribution in [3.05, 3.63) is 24.0 Å². The Hall–Kier alpha value is -1.26. The number of hydrogen-bond donors (Lipinski definition) is 0. The molecule has 1 heterocycles. The zero-order valence-electron chi connectivity index (χ0n) is 8.72. The first kappa shape index (κ1) is 11.8. The van der Waals surface area contributed by atoms with Crippen molar-refractivity contribution in [2.75, 3.05) is 0 Å². The maximum atomic E-state index is 12.5. The summed E-state index contributed by atoms with van der Waals surface area (Å²) in [6, 6.07) is 0.904. The molecule has 2 nitrogen and oxygen atoms in total. The molecule has 0 atom stereocenters. The average molecular weight is 219 g/mol. The molecule has 0 spiro atoms. The zero-order valence-corrected chi connectivity index (χ0v) is 8.72. The third-order valence-corrected chi connectivity index (χ3v) is 1.51. The predicted molar refractivity (Wildman–Crippen MR) is 49.6 cm³/mol. The van der Waals surface area contributed by atoms with Gasteiger partial charge in [0.2, 0.25) is 0 Å². The van der Waals surface area contributed by atoms with Gasteiger partial charge in [0.05, 0.1) is 6.20 Å². The van der Waals surface area contributed by atoms with Crippen LogP contribution in [0.5, 0.6) is 5.75 Å². The van der Waals surface area contributed by atoms with Crippen molar-refractivity contribution in [1.29, 1.82) is 0 Å². The highest BCUT2D eigenvalue weighted by Gasteiger charge is 2.35. The summed E-state index contributed by atoms with van der Waals surface area (Å²) in [7, 11) is 0. The first-order chi connectivity index (χ1) is 6.70. The molecule has 0 bridgehead atoms. The Morgan fingerprint density at radius 1 is 1.20 bits per heavy atom. The molecule has 0 aromatic carbocycles. The molecule has 0 fully saturated rings. The highest BCUT2D eigenvalue weighted by molar-refractivity contribution is 5.32. The first-order valence-corrected chi connectivity index (χ1v) is 4.40. The van der Waals surface area contributed by atoms with E-state index in [9.17, 15) is 13.2 Å². The van der Waals surface area contributed by atoms with Gasteiger partial charge < -0.3 is 4.74 Å². The number of ether oxygens (including phenoxy) is 1. The smallest absolute Gasteiger partial charge is 0.420 e. The minimum absolute atomic E-state index is 0.238. The van der Waals surface area contributed by atoms with Gasteiger partial charge in [-0.1, -0.05) is 0 Å². The summed E-state index contributed by atoms with van der Waals surface area (Å²) in [5.41, 5.74) is -1.48. The van der Waals surface area contributed by atoms with E-state index in [0.29, 0.717) is 0 Å². The van der Waals surface area contributed by atoms with E-state index >= 15 is 0 Å². The van der Waals surface area contributed by atoms with Crippen LogP contribution >= 0.6 is 0 Å². The number of aromatic nitrogens is 1. The number of rotatable bonds is 1. The summed E-state index contributed by atoms with van der Waals surface area (Å²) in [6.07, 6.45) is -2.24. The predicted octanol–water partition coefficient (Wildman–Crippen LogP) is 3.28. The van der Waals surface area contributed by atoms with Crippen molar-refractivity contribution in [2.24, 2.45) is 0 Å². The molecule has 0 radical (unpaired) electrons. The van der Waals surface area contributed by atoms with Crippen LogP contribution in [0, 0.1) is 0 Å². The van der Waals surface area contributed by atoms with E-state index in [1.165, 1.54) is 0 Å². The highest BCUT2D eigenvalue weighted by atomic mass is 19.4. The van der Waals surface area contributed by atoms with Crippen LogP contribution in [0.4, 0.5) is 13.2 Å². The molecule has 0 saturated heterocycles. The van der Waals surface area contributed by atoms with Crippen LogP contribution in [0.3, 0.4) is 0 Å². The second-order valence-corrected chi connectivity index (χ2v) is 4.08. The molecular weight excluding hydrogens is 207 g/mol. The van der Waals surface area contributed by atoms with E-state index in [2.05, 4.69) is 4.98 Å². The van der Waals surface area contributed by atoms with Gasteiger partial charge in [0.1, 0.15) is 11.2 Å². The Morgan fingerprint density at radius 2 is 1.80 bits per heavy atom. The fourth-order valence-corrected chi connectivity index (χ4v) is 1.03. The molecule has 0 saturated carbocycles. The molecule has 0 aliphatic carbocycles. The minimum atomic E-state index is -4.41. The van der Waals surface area contributed by atoms with Crippen molar-refractivity contribution in [1.82, 2.24) is 4.98 Å². The number of nitrogens with zero attached hydrogens (tertiary/aromatic N) is 1. The summed E-state index contributed by atoms with van der Waals surface area (Å²) < 4.78 is 42.7. The summed E-state index contributed by atoms with van der Waals surface area (Å²) in [6.45, 7) is 5.04. The Labute approximate surface area is 86.1 Å². The molecule has 0 N–H and O–H groups in total. The lowest BCUT2D eigenvalue weighted by atomic mass is 10.1. The molecule has 1 aromatic heterocycles. The number of pyridine rings is 1. The topological polar surface area (TPSA) is 22.1 Å². The second kappa shape index (κ2) is 3.72. The van der Waals surface area contributed by atoms with Gasteiger partial charge in [-0.2, -0.15) is 13.2 Å². The summed E-state index contributed by atoms with van der Waals surface area (Å²) in [4.78, 5) is 3.62. The van der Waals surface area contributed by atoms with Crippen molar-refractivity contribution in [3.8, 4) is 5.75 Å². The van der Waals surface area contributed by atoms with Crippen LogP contribution in [0.15, 0.2) is 18.5 Å². The molecule has 5 heteroatoms. The van der Waals surface area contributed by atoms with Gasteiger partial charge in [-0.15, -0.1) is 0 Å². The van der Waals surface area contributed by atoms with Crippen LogP contribution in [0.25, 0.3) is 0 Å². The van der Waals surface area contributed by atoms with Crippen molar-refractivity contribution >= 4 is 0 Å². The molecule has 15 heavy (non-hydrogen) atoms. The van der Waals surface area contributed by atoms with Gasteiger partial charge in [-0.3, -0.25) is 4.98 Å². The quantitative estimate of drug-likeness (QED) is 0.723. The molecule has 0 unspecified atom stereocenters. The SMILES string of the molecule is CC(C)(C)Oc1cnccc1C(F)(F)F. The average Bonchev–Trinajstić information content (AvgIpc) is 1.99. The third kappa shape index (κ3) is 3.42. The molecule has 0 aliphatic rings. The van der Waals surface area contributed by atoms with Gasteiger partial charge in [-0.25, -0.2) is 0 Å². The second-order valence-electron chi connectivity index (χ2n) is 4.08. The normalized spacial score (nSPS) is 12.7. The maximum Gasteiger partial charge on any atom is 0.420 e. The van der Waals surface area contributed by atoms with Crippen molar-refractivity contribution in [3.63, 3.8) is 0 Å². The lowest BCUT2D eigenvalue weighted by Crippen LogP contribution is -2.24. The van der Waals surface area contributed by atoms with E-state index in [4.69, 9.17) is 4.74 Å². The lowest BCUT2D eigenvalue weighted by molar-refractivity contribution is -0.139. The Balaban J connectivity index is 3.08. The Kier molecular flexibility index (Phi) is 2.93. The number of hydrogen-bond acceptors (Lipinski definition) is 2. The first-order valence-electron chi connectivity index (χ1n) is 4.40. The van der Waals surface area contributed by atoms with Crippen LogP contribution in [-0.2, 0) is 6.18 Å². The minimum Gasteiger partial charge on any atom is -0.486 e. The lowest BCUT2D eigenvalue weighted by Gasteiger charge is -2.23. The number of alkyl halides is 3. The fraction of sp³-hybridized carbons (Fsp3) is 0.500. The van der Waals surface area contributed by atoms with Gasteiger partial charge in [0.25, 0.3) is 0 Å². The van der Waals surface area contributed by atoms with Gasteiger partial charge >= 0.3 is 6.18 Å².